The summed E-state index contributed by atoms with van der Waals surface area (Å²) in [6.45, 7) is 2.09. The third kappa shape index (κ3) is 4.14. The first-order chi connectivity index (χ1) is 17.9. The molecule has 1 fully saturated rings. The Balaban J connectivity index is 1.37. The molecule has 3 aromatic rings. The summed E-state index contributed by atoms with van der Waals surface area (Å²) >= 11 is 0. The number of aryl methyl sites for hydroxylation is 1. The zero-order valence-electron chi connectivity index (χ0n) is 20.8. The summed E-state index contributed by atoms with van der Waals surface area (Å²) in [4.78, 5) is 26.1. The molecule has 2 aromatic carbocycles. The molecule has 8 heteroatoms. The molecule has 0 saturated heterocycles. The van der Waals surface area contributed by atoms with Gasteiger partial charge in [-0.25, -0.2) is 4.98 Å². The van der Waals surface area contributed by atoms with Crippen LogP contribution >= 0.6 is 0 Å². The molecule has 5 N–H and O–H groups in total. The molecule has 1 unspecified atom stereocenters. The van der Waals surface area contributed by atoms with Crippen molar-refractivity contribution in [1.29, 1.82) is 0 Å². The number of primary amides is 1. The number of hydrogen-bond donors (Lipinski definition) is 3. The summed E-state index contributed by atoms with van der Waals surface area (Å²) in [5.74, 6) is 8.46. The van der Waals surface area contributed by atoms with Crippen LogP contribution in [0.4, 0.5) is 11.5 Å². The molecular weight excluding hydrogens is 462 g/mol. The second-order valence-electron chi connectivity index (χ2n) is 10.1. The van der Waals surface area contributed by atoms with E-state index >= 15 is 0 Å². The van der Waals surface area contributed by atoms with Gasteiger partial charge in [-0.05, 0) is 68.5 Å². The van der Waals surface area contributed by atoms with E-state index in [4.69, 9.17) is 21.6 Å². The number of quaternary nitrogens is 1. The van der Waals surface area contributed by atoms with E-state index in [1.54, 1.807) is 6.20 Å². The summed E-state index contributed by atoms with van der Waals surface area (Å²) in [6.07, 6.45) is 8.66. The number of rotatable bonds is 5. The zero-order valence-corrected chi connectivity index (χ0v) is 20.8. The second kappa shape index (κ2) is 9.06. The molecule has 0 bridgehead atoms. The molecule has 1 atom stereocenters. The molecule has 1 aromatic heterocycles. The number of carbonyl (C=O) groups excluding carboxylic acids is 1. The maximum atomic E-state index is 11.7. The highest BCUT2D eigenvalue weighted by Crippen LogP contribution is 2.41. The van der Waals surface area contributed by atoms with Crippen LogP contribution in [0.25, 0.3) is 10.9 Å². The lowest BCUT2D eigenvalue weighted by Crippen LogP contribution is -2.53. The Labute approximate surface area is 215 Å². The van der Waals surface area contributed by atoms with Gasteiger partial charge < -0.3 is 11.1 Å². The summed E-state index contributed by atoms with van der Waals surface area (Å²) in [5.41, 5.74) is 11.3. The summed E-state index contributed by atoms with van der Waals surface area (Å²) in [7, 11) is 0. The zero-order chi connectivity index (χ0) is 25.6. The molecule has 0 spiro atoms. The van der Waals surface area contributed by atoms with Crippen LogP contribution < -0.4 is 16.9 Å². The van der Waals surface area contributed by atoms with Gasteiger partial charge in [0.15, 0.2) is 0 Å². The number of amidine groups is 1. The van der Waals surface area contributed by atoms with E-state index in [0.717, 1.165) is 76.4 Å². The van der Waals surface area contributed by atoms with Gasteiger partial charge in [-0.2, -0.15) is 10.8 Å². The van der Waals surface area contributed by atoms with Gasteiger partial charge in [0.25, 0.3) is 5.84 Å². The number of hydrogen-bond acceptors (Lipinski definition) is 6. The maximum absolute atomic E-state index is 11.7. The third-order valence-corrected chi connectivity index (χ3v) is 7.66. The Morgan fingerprint density at radius 1 is 1.05 bits per heavy atom. The number of aromatic nitrogens is 1. The number of nitrogens with zero attached hydrogens (tertiary/aromatic N) is 4. The molecule has 6 rings (SSSR count). The van der Waals surface area contributed by atoms with Crippen LogP contribution in [0.3, 0.4) is 0 Å². The Kier molecular flexibility index (Phi) is 5.70. The monoisotopic (exact) mass is 492 g/mol. The van der Waals surface area contributed by atoms with Crippen LogP contribution in [0.15, 0.2) is 88.4 Å². The van der Waals surface area contributed by atoms with Gasteiger partial charge in [0.05, 0.1) is 23.5 Å². The highest BCUT2D eigenvalue weighted by molar-refractivity contribution is 6.03. The minimum Gasteiger partial charge on any atom is -0.369 e. The lowest BCUT2D eigenvalue weighted by atomic mass is 9.80. The molecule has 2 aliphatic heterocycles. The molecule has 0 radical (unpaired) electrons. The molecule has 1 saturated carbocycles. The van der Waals surface area contributed by atoms with Crippen LogP contribution in [-0.2, 0) is 4.79 Å². The maximum Gasteiger partial charge on any atom is 0.264 e. The van der Waals surface area contributed by atoms with Crippen LogP contribution in [0.1, 0.15) is 36.8 Å². The predicted octanol–water partition coefficient (Wildman–Crippen LogP) is 4.80. The van der Waals surface area contributed by atoms with Gasteiger partial charge in [0, 0.05) is 22.9 Å². The van der Waals surface area contributed by atoms with Crippen molar-refractivity contribution in [3.05, 3.63) is 89.5 Å². The smallest absolute Gasteiger partial charge is 0.264 e. The lowest BCUT2D eigenvalue weighted by Gasteiger charge is -2.28. The normalized spacial score (nSPS) is 24.8. The number of nitrogens with one attached hydrogen (secondary N) is 1. The van der Waals surface area contributed by atoms with Crippen LogP contribution in [-0.4, -0.2) is 27.5 Å². The summed E-state index contributed by atoms with van der Waals surface area (Å²) in [6, 6.07) is 18.3. The van der Waals surface area contributed by atoms with Gasteiger partial charge in [0.2, 0.25) is 11.6 Å². The summed E-state index contributed by atoms with van der Waals surface area (Å²) in [5, 5.41) is 4.48. The van der Waals surface area contributed by atoms with Crippen molar-refractivity contribution in [2.75, 3.05) is 5.32 Å². The van der Waals surface area contributed by atoms with Crippen molar-refractivity contribution >= 4 is 40.4 Å². The number of allylic oxidation sites excluding steroid dienone is 2. The number of amides is 1. The van der Waals surface area contributed by atoms with Crippen LogP contribution in [0, 0.1) is 18.8 Å². The number of para-hydroxylation sites is 1. The van der Waals surface area contributed by atoms with Gasteiger partial charge in [0.1, 0.15) is 17.7 Å². The fourth-order valence-electron chi connectivity index (χ4n) is 5.63. The highest BCUT2D eigenvalue weighted by atomic mass is 16.1. The first-order valence-electron chi connectivity index (χ1n) is 12.7. The topological polar surface area (TPSA) is 119 Å². The van der Waals surface area contributed by atoms with Gasteiger partial charge >= 0.3 is 0 Å². The van der Waals surface area contributed by atoms with E-state index in [9.17, 15) is 4.79 Å². The number of carbonyl (C=O) groups is 1. The van der Waals surface area contributed by atoms with Gasteiger partial charge in [-0.15, -0.1) is 4.59 Å². The highest BCUT2D eigenvalue weighted by Gasteiger charge is 2.46. The van der Waals surface area contributed by atoms with Crippen molar-refractivity contribution in [1.82, 2.24) is 4.98 Å². The molecular formula is C29H30N7O+. The molecule has 3 heterocycles. The number of nitrogens with two attached hydrogens (primary N) is 2. The van der Waals surface area contributed by atoms with E-state index in [0.29, 0.717) is 0 Å². The van der Waals surface area contributed by atoms with Crippen molar-refractivity contribution in [2.45, 2.75) is 32.6 Å². The van der Waals surface area contributed by atoms with E-state index in [1.165, 1.54) is 0 Å². The fraction of sp³-hybridized carbons (Fsp3) is 0.241. The molecule has 3 aliphatic rings. The predicted molar refractivity (Wildman–Crippen MR) is 146 cm³/mol. The van der Waals surface area contributed by atoms with E-state index in [2.05, 4.69) is 41.5 Å². The van der Waals surface area contributed by atoms with E-state index in [-0.39, 0.29) is 22.3 Å². The molecule has 8 nitrogen and oxygen atoms in total. The third-order valence-electron chi connectivity index (χ3n) is 7.66. The number of pyridine rings is 1. The second-order valence-corrected chi connectivity index (χ2v) is 10.1. The number of benzene rings is 2. The van der Waals surface area contributed by atoms with Crippen molar-refractivity contribution < 1.29 is 9.39 Å². The molecule has 1 aliphatic carbocycles. The Morgan fingerprint density at radius 3 is 2.59 bits per heavy atom. The quantitative estimate of drug-likeness (QED) is 0.350. The van der Waals surface area contributed by atoms with Crippen molar-refractivity contribution in [3.63, 3.8) is 0 Å². The lowest BCUT2D eigenvalue weighted by molar-refractivity contribution is -0.750. The Hall–Kier alpha value is -4.14. The SMILES string of the molecule is Cc1cc(Nc2ccccc2)nc2cc(C3=NC(C4CCC(C(N)=O)CC4)=C4C=NC=C[N+]34N)ccc12. The van der Waals surface area contributed by atoms with Crippen molar-refractivity contribution in [2.24, 2.45) is 33.4 Å². The largest absolute Gasteiger partial charge is 0.369 e. The van der Waals surface area contributed by atoms with Crippen LogP contribution in [0.2, 0.25) is 0 Å². The average molecular weight is 493 g/mol. The minimum absolute atomic E-state index is 0.0268. The Bertz CT molecular complexity index is 1510. The van der Waals surface area contributed by atoms with Crippen molar-refractivity contribution in [3.8, 4) is 0 Å². The number of anilines is 2. The van der Waals surface area contributed by atoms with Gasteiger partial charge in [-0.1, -0.05) is 24.3 Å². The minimum atomic E-state index is -0.210. The average Bonchev–Trinajstić information content (AvgIpc) is 3.22. The Morgan fingerprint density at radius 2 is 1.84 bits per heavy atom. The van der Waals surface area contributed by atoms with Crippen LogP contribution in [0.5, 0.6) is 0 Å². The van der Waals surface area contributed by atoms with E-state index in [1.807, 2.05) is 42.7 Å². The number of aliphatic imine (C=N–C) groups is 2. The fourth-order valence-corrected chi connectivity index (χ4v) is 5.63. The molecule has 186 valence electrons. The molecule has 37 heavy (non-hydrogen) atoms. The standard InChI is InChI=1S/C29H29N7O/c1-18-15-26(33-22-5-3-2-4-6-22)34-24-16-21(11-12-23(18)24)29-35-27(25-17-32-13-14-36(25,29)31)19-7-9-20(10-8-19)28(30)37/h2-6,11-17,19-20H,7-10,31H2,1H3,(H2-,30,33,34,37)/p+1. The van der Waals surface area contributed by atoms with Gasteiger partial charge in [-0.3, -0.25) is 9.79 Å². The molecule has 1 amide bonds. The first-order valence-corrected chi connectivity index (χ1v) is 12.7. The number of fused-ring (bicyclic) bond motifs is 2. The van der Waals surface area contributed by atoms with E-state index < -0.39 is 0 Å². The first kappa shape index (κ1) is 23.3. The summed E-state index contributed by atoms with van der Waals surface area (Å²) < 4.78 is -0.0268.